The molecule has 2 rings (SSSR count). The second-order valence-electron chi connectivity index (χ2n) is 3.05. The minimum absolute atomic E-state index is 0.324. The molecule has 0 bridgehead atoms. The average molecular weight is 315 g/mol. The van der Waals surface area contributed by atoms with Crippen LogP contribution >= 0.6 is 22.6 Å². The molecule has 0 aliphatic rings. The van der Waals surface area contributed by atoms with E-state index in [1.807, 2.05) is 18.2 Å². The van der Waals surface area contributed by atoms with Crippen LogP contribution in [0.3, 0.4) is 0 Å². The maximum atomic E-state index is 13.6. The molecular formula is C11H7FINO. The maximum Gasteiger partial charge on any atom is 0.255 e. The van der Waals surface area contributed by atoms with Gasteiger partial charge in [-0.05, 0) is 5.56 Å². The molecule has 1 heterocycles. The van der Waals surface area contributed by atoms with Crippen LogP contribution in [0.5, 0.6) is 0 Å². The molecule has 1 aromatic carbocycles. The Hall–Kier alpha value is -1.17. The molecule has 0 spiro atoms. The van der Waals surface area contributed by atoms with E-state index in [2.05, 4.69) is 0 Å². The topological polar surface area (TPSA) is 26.9 Å². The minimum atomic E-state index is -0.377. The fourth-order valence-corrected chi connectivity index (χ4v) is 1.73. The zero-order valence-electron chi connectivity index (χ0n) is 7.65. The normalized spacial score (nSPS) is 10.3. The molecule has 0 saturated carbocycles. The van der Waals surface area contributed by atoms with Crippen molar-refractivity contribution >= 4 is 22.6 Å². The van der Waals surface area contributed by atoms with Gasteiger partial charge < -0.3 is 5.21 Å². The van der Waals surface area contributed by atoms with Gasteiger partial charge in [-0.15, -0.1) is 0 Å². The number of benzene rings is 1. The Morgan fingerprint density at radius 2 is 1.87 bits per heavy atom. The van der Waals surface area contributed by atoms with Gasteiger partial charge in [-0.1, -0.05) is 30.3 Å². The van der Waals surface area contributed by atoms with Gasteiger partial charge >= 0.3 is 0 Å². The fraction of sp³-hybridized carbons (Fsp3) is 0. The molecule has 0 saturated heterocycles. The van der Waals surface area contributed by atoms with Crippen LogP contribution in [0.25, 0.3) is 11.1 Å². The summed E-state index contributed by atoms with van der Waals surface area (Å²) in [6, 6.07) is 10.2. The summed E-state index contributed by atoms with van der Waals surface area (Å²) in [5.41, 5.74) is 1.03. The Bertz CT molecular complexity index is 487. The van der Waals surface area contributed by atoms with E-state index in [0.29, 0.717) is 19.6 Å². The molecule has 1 aromatic heterocycles. The van der Waals surface area contributed by atoms with Gasteiger partial charge in [0.1, 0.15) is 5.82 Å². The third-order valence-corrected chi connectivity index (χ3v) is 2.83. The average Bonchev–Trinajstić information content (AvgIpc) is 2.25. The van der Waals surface area contributed by atoms with Crippen LogP contribution in [0.4, 0.5) is 4.39 Å². The second kappa shape index (κ2) is 4.14. The standard InChI is InChI=1S/C11H7FINO/c12-10-6-11(13)14(15)7-9(10)8-4-2-1-3-5-8/h1-7H. The first-order valence-corrected chi connectivity index (χ1v) is 5.40. The van der Waals surface area contributed by atoms with Crippen LogP contribution in [-0.2, 0) is 0 Å². The van der Waals surface area contributed by atoms with E-state index in [1.165, 1.54) is 12.3 Å². The van der Waals surface area contributed by atoms with Crippen molar-refractivity contribution in [3.63, 3.8) is 0 Å². The highest BCUT2D eigenvalue weighted by Gasteiger charge is 2.12. The van der Waals surface area contributed by atoms with Crippen molar-refractivity contribution in [2.45, 2.75) is 0 Å². The molecule has 2 nitrogen and oxygen atoms in total. The third-order valence-electron chi connectivity index (χ3n) is 2.04. The van der Waals surface area contributed by atoms with Crippen LogP contribution in [0.2, 0.25) is 0 Å². The van der Waals surface area contributed by atoms with Crippen LogP contribution < -0.4 is 4.73 Å². The predicted molar refractivity (Wildman–Crippen MR) is 63.5 cm³/mol. The lowest BCUT2D eigenvalue weighted by atomic mass is 10.1. The van der Waals surface area contributed by atoms with Gasteiger partial charge in [0, 0.05) is 22.6 Å². The molecule has 0 aliphatic heterocycles. The SMILES string of the molecule is [O-][n+]1cc(-c2ccccc2)c(F)cc1I. The van der Waals surface area contributed by atoms with E-state index < -0.39 is 0 Å². The summed E-state index contributed by atoms with van der Waals surface area (Å²) >= 11 is 1.80. The molecule has 0 atom stereocenters. The first kappa shape index (κ1) is 10.4. The second-order valence-corrected chi connectivity index (χ2v) is 4.15. The number of aromatic nitrogens is 1. The summed E-state index contributed by atoms with van der Waals surface area (Å²) in [7, 11) is 0. The molecule has 0 aliphatic carbocycles. The molecule has 0 N–H and O–H groups in total. The number of hydrogen-bond donors (Lipinski definition) is 0. The van der Waals surface area contributed by atoms with E-state index in [0.717, 1.165) is 0 Å². The molecule has 0 radical (unpaired) electrons. The molecule has 0 amide bonds. The highest BCUT2D eigenvalue weighted by molar-refractivity contribution is 14.1. The Balaban J connectivity index is 2.59. The minimum Gasteiger partial charge on any atom is -0.618 e. The van der Waals surface area contributed by atoms with Crippen molar-refractivity contribution in [1.82, 2.24) is 0 Å². The Kier molecular flexibility index (Phi) is 2.86. The molecule has 0 unspecified atom stereocenters. The number of halogens is 2. The quantitative estimate of drug-likeness (QED) is 0.344. The van der Waals surface area contributed by atoms with Gasteiger partial charge in [-0.3, -0.25) is 0 Å². The Morgan fingerprint density at radius 3 is 2.53 bits per heavy atom. The van der Waals surface area contributed by atoms with Crippen LogP contribution in [0.15, 0.2) is 42.6 Å². The van der Waals surface area contributed by atoms with E-state index in [-0.39, 0.29) is 5.82 Å². The first-order chi connectivity index (χ1) is 7.18. The highest BCUT2D eigenvalue weighted by Crippen LogP contribution is 2.21. The van der Waals surface area contributed by atoms with E-state index >= 15 is 0 Å². The van der Waals surface area contributed by atoms with Gasteiger partial charge in [-0.25, -0.2) is 4.39 Å². The van der Waals surface area contributed by atoms with Crippen LogP contribution in [-0.4, -0.2) is 0 Å². The summed E-state index contributed by atoms with van der Waals surface area (Å²) < 4.78 is 14.5. The van der Waals surface area contributed by atoms with Crippen molar-refractivity contribution in [3.8, 4) is 11.1 Å². The monoisotopic (exact) mass is 315 g/mol. The fourth-order valence-electron chi connectivity index (χ4n) is 1.32. The van der Waals surface area contributed by atoms with Gasteiger partial charge in [0.15, 0.2) is 6.20 Å². The van der Waals surface area contributed by atoms with Crippen LogP contribution in [0.1, 0.15) is 0 Å². The predicted octanol–water partition coefficient (Wildman–Crippen LogP) is 2.73. The third kappa shape index (κ3) is 2.09. The maximum absolute atomic E-state index is 13.6. The van der Waals surface area contributed by atoms with Crippen molar-refractivity contribution in [2.75, 3.05) is 0 Å². The number of rotatable bonds is 1. The molecule has 76 valence electrons. The largest absolute Gasteiger partial charge is 0.618 e. The lowest BCUT2D eigenvalue weighted by molar-refractivity contribution is -0.618. The zero-order valence-corrected chi connectivity index (χ0v) is 9.81. The van der Waals surface area contributed by atoms with E-state index in [9.17, 15) is 9.60 Å². The molecule has 0 fully saturated rings. The summed E-state index contributed by atoms with van der Waals surface area (Å²) in [6.07, 6.45) is 1.26. The van der Waals surface area contributed by atoms with Gasteiger partial charge in [0.05, 0.1) is 11.6 Å². The highest BCUT2D eigenvalue weighted by atomic mass is 127. The summed E-state index contributed by atoms with van der Waals surface area (Å²) in [5.74, 6) is -0.377. The van der Waals surface area contributed by atoms with Crippen molar-refractivity contribution in [2.24, 2.45) is 0 Å². The van der Waals surface area contributed by atoms with Crippen LogP contribution in [0, 0.1) is 14.7 Å². The number of hydrogen-bond acceptors (Lipinski definition) is 1. The van der Waals surface area contributed by atoms with E-state index in [4.69, 9.17) is 0 Å². The summed E-state index contributed by atoms with van der Waals surface area (Å²) in [5, 5.41) is 11.3. The zero-order chi connectivity index (χ0) is 10.8. The lowest BCUT2D eigenvalue weighted by Gasteiger charge is -2.04. The number of nitrogens with zero attached hydrogens (tertiary/aromatic N) is 1. The van der Waals surface area contributed by atoms with Gasteiger partial charge in [0.25, 0.3) is 3.70 Å². The smallest absolute Gasteiger partial charge is 0.255 e. The molecule has 4 heteroatoms. The first-order valence-electron chi connectivity index (χ1n) is 4.32. The number of pyridine rings is 1. The van der Waals surface area contributed by atoms with Gasteiger partial charge in [-0.2, -0.15) is 4.73 Å². The Labute approximate surface area is 100 Å². The molecule has 15 heavy (non-hydrogen) atoms. The lowest BCUT2D eigenvalue weighted by Crippen LogP contribution is -2.30. The van der Waals surface area contributed by atoms with E-state index in [1.54, 1.807) is 34.7 Å². The summed E-state index contributed by atoms with van der Waals surface area (Å²) in [6.45, 7) is 0. The Morgan fingerprint density at radius 1 is 1.20 bits per heavy atom. The van der Waals surface area contributed by atoms with Crippen molar-refractivity contribution in [3.05, 3.63) is 57.3 Å². The summed E-state index contributed by atoms with van der Waals surface area (Å²) in [4.78, 5) is 0. The molecular weight excluding hydrogens is 308 g/mol. The van der Waals surface area contributed by atoms with Crippen molar-refractivity contribution in [1.29, 1.82) is 0 Å². The molecule has 2 aromatic rings. The van der Waals surface area contributed by atoms with Gasteiger partial charge in [0.2, 0.25) is 0 Å². The van der Waals surface area contributed by atoms with Crippen molar-refractivity contribution < 1.29 is 9.12 Å².